The molecular formula is C14H19BrClNO3S. The van der Waals surface area contributed by atoms with Crippen LogP contribution in [0.2, 0.25) is 0 Å². The molecule has 0 amide bonds. The van der Waals surface area contributed by atoms with Gasteiger partial charge in [0.05, 0.1) is 0 Å². The highest BCUT2D eigenvalue weighted by atomic mass is 79.9. The predicted molar refractivity (Wildman–Crippen MR) is 87.7 cm³/mol. The molecule has 0 spiro atoms. The second-order valence-electron chi connectivity index (χ2n) is 5.24. The van der Waals surface area contributed by atoms with E-state index in [0.717, 1.165) is 25.2 Å². The highest BCUT2D eigenvalue weighted by Gasteiger charge is 2.20. The molecular weight excluding hydrogens is 378 g/mol. The largest absolute Gasteiger partial charge is 0.491 e. The number of nitrogens with zero attached hydrogens (tertiary/aromatic N) is 1. The molecule has 1 aliphatic rings. The Morgan fingerprint density at radius 3 is 2.57 bits per heavy atom. The summed E-state index contributed by atoms with van der Waals surface area (Å²) in [4.78, 5) is 2.36. The van der Waals surface area contributed by atoms with E-state index >= 15 is 0 Å². The van der Waals surface area contributed by atoms with Crippen LogP contribution in [-0.4, -0.2) is 39.6 Å². The van der Waals surface area contributed by atoms with Crippen molar-refractivity contribution in [3.05, 3.63) is 22.2 Å². The quantitative estimate of drug-likeness (QED) is 0.714. The van der Waals surface area contributed by atoms with Crippen molar-refractivity contribution in [3.63, 3.8) is 0 Å². The fraction of sp³-hybridized carbons (Fsp3) is 0.571. The Hall–Kier alpha value is -0.300. The van der Waals surface area contributed by atoms with Crippen LogP contribution in [-0.2, 0) is 9.05 Å². The van der Waals surface area contributed by atoms with Crippen molar-refractivity contribution in [1.29, 1.82) is 0 Å². The van der Waals surface area contributed by atoms with Gasteiger partial charge in [-0.1, -0.05) is 22.4 Å². The molecule has 0 bridgehead atoms. The highest BCUT2D eigenvalue weighted by molar-refractivity contribution is 9.10. The molecule has 0 aliphatic carbocycles. The molecule has 1 heterocycles. The SMILES string of the molecule is Cc1cc(Br)cc(S(=O)(=O)Cl)c1OCCN1CCCCC1. The number of aryl methyl sites for hydroxylation is 1. The summed E-state index contributed by atoms with van der Waals surface area (Å²) in [6.07, 6.45) is 3.73. The van der Waals surface area contributed by atoms with E-state index in [-0.39, 0.29) is 4.90 Å². The summed E-state index contributed by atoms with van der Waals surface area (Å²) in [6.45, 7) is 5.25. The van der Waals surface area contributed by atoms with Crippen LogP contribution in [0.1, 0.15) is 24.8 Å². The summed E-state index contributed by atoms with van der Waals surface area (Å²) < 4.78 is 29.7. The molecule has 2 rings (SSSR count). The maximum absolute atomic E-state index is 11.7. The molecule has 1 aromatic rings. The van der Waals surface area contributed by atoms with Gasteiger partial charge in [0.15, 0.2) is 0 Å². The third-order valence-corrected chi connectivity index (χ3v) is 5.36. The van der Waals surface area contributed by atoms with Crippen LogP contribution < -0.4 is 4.74 Å². The van der Waals surface area contributed by atoms with Gasteiger partial charge in [-0.05, 0) is 50.6 Å². The molecule has 0 aromatic heterocycles. The molecule has 118 valence electrons. The predicted octanol–water partition coefficient (Wildman–Crippen LogP) is 3.55. The average molecular weight is 397 g/mol. The average Bonchev–Trinajstić information content (AvgIpc) is 2.41. The lowest BCUT2D eigenvalue weighted by Gasteiger charge is -2.26. The van der Waals surface area contributed by atoms with Gasteiger partial charge >= 0.3 is 0 Å². The van der Waals surface area contributed by atoms with Gasteiger partial charge in [0.1, 0.15) is 17.3 Å². The first kappa shape index (κ1) is 17.1. The third-order valence-electron chi connectivity index (χ3n) is 3.57. The molecule has 1 aliphatic heterocycles. The second-order valence-corrected chi connectivity index (χ2v) is 8.69. The molecule has 7 heteroatoms. The fourth-order valence-electron chi connectivity index (χ4n) is 2.53. The minimum Gasteiger partial charge on any atom is -0.491 e. The Morgan fingerprint density at radius 1 is 1.29 bits per heavy atom. The van der Waals surface area contributed by atoms with Crippen molar-refractivity contribution >= 4 is 35.7 Å². The molecule has 1 aromatic carbocycles. The van der Waals surface area contributed by atoms with E-state index in [1.165, 1.54) is 25.3 Å². The maximum Gasteiger partial charge on any atom is 0.265 e. The van der Waals surface area contributed by atoms with Crippen LogP contribution in [0.15, 0.2) is 21.5 Å². The Bertz CT molecular complexity index is 600. The van der Waals surface area contributed by atoms with Gasteiger partial charge in [-0.2, -0.15) is 0 Å². The van der Waals surface area contributed by atoms with Gasteiger partial charge in [0, 0.05) is 21.7 Å². The normalized spacial score (nSPS) is 16.9. The summed E-state index contributed by atoms with van der Waals surface area (Å²) in [5.74, 6) is 0.352. The summed E-state index contributed by atoms with van der Waals surface area (Å²) in [7, 11) is 1.67. The Labute approximate surface area is 139 Å². The first-order valence-electron chi connectivity index (χ1n) is 6.98. The summed E-state index contributed by atoms with van der Waals surface area (Å²) >= 11 is 3.28. The van der Waals surface area contributed by atoms with Crippen molar-refractivity contribution in [2.75, 3.05) is 26.2 Å². The van der Waals surface area contributed by atoms with E-state index in [2.05, 4.69) is 20.8 Å². The van der Waals surface area contributed by atoms with E-state index in [9.17, 15) is 8.42 Å². The van der Waals surface area contributed by atoms with Crippen LogP contribution in [0.5, 0.6) is 5.75 Å². The smallest absolute Gasteiger partial charge is 0.265 e. The number of hydrogen-bond donors (Lipinski definition) is 0. The molecule has 0 saturated carbocycles. The monoisotopic (exact) mass is 395 g/mol. The van der Waals surface area contributed by atoms with E-state index in [1.54, 1.807) is 0 Å². The third kappa shape index (κ3) is 4.84. The van der Waals surface area contributed by atoms with Gasteiger partial charge in [-0.15, -0.1) is 0 Å². The van der Waals surface area contributed by atoms with Crippen LogP contribution in [0.4, 0.5) is 0 Å². The molecule has 1 fully saturated rings. The molecule has 0 unspecified atom stereocenters. The number of hydrogen-bond acceptors (Lipinski definition) is 4. The van der Waals surface area contributed by atoms with Crippen molar-refractivity contribution in [2.45, 2.75) is 31.1 Å². The van der Waals surface area contributed by atoms with Crippen molar-refractivity contribution in [1.82, 2.24) is 4.90 Å². The van der Waals surface area contributed by atoms with E-state index in [4.69, 9.17) is 15.4 Å². The van der Waals surface area contributed by atoms with E-state index < -0.39 is 9.05 Å². The zero-order valence-electron chi connectivity index (χ0n) is 11.9. The Kier molecular flexibility index (Phi) is 5.94. The Balaban J connectivity index is 2.08. The van der Waals surface area contributed by atoms with Crippen LogP contribution in [0.25, 0.3) is 0 Å². The molecule has 0 atom stereocenters. The van der Waals surface area contributed by atoms with Crippen LogP contribution in [0, 0.1) is 6.92 Å². The number of benzene rings is 1. The molecule has 1 saturated heterocycles. The maximum atomic E-state index is 11.7. The van der Waals surface area contributed by atoms with Gasteiger partial charge < -0.3 is 4.74 Å². The lowest BCUT2D eigenvalue weighted by Crippen LogP contribution is -2.33. The zero-order valence-corrected chi connectivity index (χ0v) is 15.1. The van der Waals surface area contributed by atoms with Crippen molar-refractivity contribution in [2.24, 2.45) is 0 Å². The molecule has 4 nitrogen and oxygen atoms in total. The van der Waals surface area contributed by atoms with E-state index in [0.29, 0.717) is 16.8 Å². The van der Waals surface area contributed by atoms with Crippen LogP contribution >= 0.6 is 26.6 Å². The van der Waals surface area contributed by atoms with Crippen molar-refractivity contribution < 1.29 is 13.2 Å². The van der Waals surface area contributed by atoms with E-state index in [1.807, 2.05) is 13.0 Å². The van der Waals surface area contributed by atoms with Crippen LogP contribution in [0.3, 0.4) is 0 Å². The second kappa shape index (κ2) is 7.31. The van der Waals surface area contributed by atoms with Gasteiger partial charge in [0.25, 0.3) is 9.05 Å². The number of piperidine rings is 1. The highest BCUT2D eigenvalue weighted by Crippen LogP contribution is 2.33. The number of likely N-dealkylation sites (tertiary alicyclic amines) is 1. The summed E-state index contributed by atoms with van der Waals surface area (Å²) in [5, 5.41) is 0. The van der Waals surface area contributed by atoms with Gasteiger partial charge in [-0.25, -0.2) is 8.42 Å². The van der Waals surface area contributed by atoms with Gasteiger partial charge in [-0.3, -0.25) is 4.90 Å². The topological polar surface area (TPSA) is 46.6 Å². The first-order valence-corrected chi connectivity index (χ1v) is 10.1. The number of halogens is 2. The lowest BCUT2D eigenvalue weighted by atomic mass is 10.1. The summed E-state index contributed by atoms with van der Waals surface area (Å²) in [5.41, 5.74) is 0.752. The molecule has 0 radical (unpaired) electrons. The lowest BCUT2D eigenvalue weighted by molar-refractivity contribution is 0.181. The minimum atomic E-state index is -3.83. The molecule has 21 heavy (non-hydrogen) atoms. The number of rotatable bonds is 5. The molecule has 0 N–H and O–H groups in total. The summed E-state index contributed by atoms with van der Waals surface area (Å²) in [6, 6.07) is 3.30. The fourth-order valence-corrected chi connectivity index (χ4v) is 4.30. The number of ether oxygens (including phenoxy) is 1. The standard InChI is InChI=1S/C14H19BrClNO3S/c1-11-9-12(15)10-13(21(16,18)19)14(11)20-8-7-17-5-3-2-4-6-17/h9-10H,2-8H2,1H3. The Morgan fingerprint density at radius 2 is 1.95 bits per heavy atom. The van der Waals surface area contributed by atoms with Crippen molar-refractivity contribution in [3.8, 4) is 5.75 Å². The zero-order chi connectivity index (χ0) is 15.5. The minimum absolute atomic E-state index is 0.0229. The first-order chi connectivity index (χ1) is 9.88. The van der Waals surface area contributed by atoms with Gasteiger partial charge in [0.2, 0.25) is 0 Å².